The molecule has 3 amide bonds. The van der Waals surface area contributed by atoms with Crippen LogP contribution in [0.1, 0.15) is 44.2 Å². The molecule has 6 aromatic rings. The van der Waals surface area contributed by atoms with Crippen LogP contribution < -0.4 is 16.0 Å². The summed E-state index contributed by atoms with van der Waals surface area (Å²) in [4.78, 5) is 52.7. The van der Waals surface area contributed by atoms with Crippen molar-refractivity contribution < 1.29 is 23.6 Å². The first-order chi connectivity index (χ1) is 24.8. The van der Waals surface area contributed by atoms with Crippen molar-refractivity contribution in [3.05, 3.63) is 180 Å². The maximum atomic E-state index is 13.6. The lowest BCUT2D eigenvalue weighted by molar-refractivity contribution is -0.116. The van der Waals surface area contributed by atoms with E-state index in [-0.39, 0.29) is 17.4 Å². The molecule has 0 spiro atoms. The first-order valence-electron chi connectivity index (χ1n) is 16.1. The van der Waals surface area contributed by atoms with E-state index in [1.807, 2.05) is 72.8 Å². The lowest BCUT2D eigenvalue weighted by atomic mass is 10.1. The second-order valence-electron chi connectivity index (χ2n) is 11.5. The molecular weight excluding hydrogens is 659 g/mol. The number of thioether (sulfide) groups is 1. The smallest absolute Gasteiger partial charge is 0.272 e. The molecule has 1 aromatic heterocycles. The van der Waals surface area contributed by atoms with Crippen LogP contribution in [0.25, 0.3) is 17.4 Å². The quantitative estimate of drug-likeness (QED) is 0.0670. The molecular formula is C42H33N3O5S. The van der Waals surface area contributed by atoms with Crippen LogP contribution in [0.3, 0.4) is 0 Å². The Morgan fingerprint density at radius 3 is 1.86 bits per heavy atom. The summed E-state index contributed by atoms with van der Waals surface area (Å²) in [7, 11) is 0. The predicted molar refractivity (Wildman–Crippen MR) is 201 cm³/mol. The highest BCUT2D eigenvalue weighted by Crippen LogP contribution is 2.37. The number of furan rings is 1. The third kappa shape index (κ3) is 9.17. The van der Waals surface area contributed by atoms with Crippen LogP contribution in [-0.4, -0.2) is 23.5 Å². The van der Waals surface area contributed by atoms with Crippen LogP contribution >= 0.6 is 11.8 Å². The third-order valence-electron chi connectivity index (χ3n) is 7.77. The monoisotopic (exact) mass is 691 g/mol. The highest BCUT2D eigenvalue weighted by molar-refractivity contribution is 8.00. The minimum atomic E-state index is -0.587. The maximum Gasteiger partial charge on any atom is 0.272 e. The van der Waals surface area contributed by atoms with Gasteiger partial charge in [-0.1, -0.05) is 78.9 Å². The number of benzene rings is 5. The molecule has 5 aromatic carbocycles. The average molecular weight is 692 g/mol. The minimum Gasteiger partial charge on any atom is -0.457 e. The summed E-state index contributed by atoms with van der Waals surface area (Å²) in [5, 5.41) is 7.97. The van der Waals surface area contributed by atoms with E-state index < -0.39 is 17.1 Å². The van der Waals surface area contributed by atoms with Gasteiger partial charge >= 0.3 is 0 Å². The summed E-state index contributed by atoms with van der Waals surface area (Å²) >= 11 is 1.36. The van der Waals surface area contributed by atoms with Crippen molar-refractivity contribution in [2.24, 2.45) is 0 Å². The molecule has 51 heavy (non-hydrogen) atoms. The fourth-order valence-electron chi connectivity index (χ4n) is 5.12. The van der Waals surface area contributed by atoms with Gasteiger partial charge in [0, 0.05) is 39.0 Å². The summed E-state index contributed by atoms with van der Waals surface area (Å²) < 4.78 is 5.99. The van der Waals surface area contributed by atoms with Crippen LogP contribution in [0, 0.1) is 0 Å². The van der Waals surface area contributed by atoms with E-state index >= 15 is 0 Å². The molecule has 0 aliphatic carbocycles. The molecule has 8 nitrogen and oxygen atoms in total. The van der Waals surface area contributed by atoms with Crippen LogP contribution in [0.5, 0.6) is 0 Å². The van der Waals surface area contributed by atoms with Gasteiger partial charge in [-0.05, 0) is 85.3 Å². The summed E-state index contributed by atoms with van der Waals surface area (Å²) in [6, 6.07) is 45.0. The Morgan fingerprint density at radius 2 is 1.22 bits per heavy atom. The van der Waals surface area contributed by atoms with Crippen LogP contribution in [-0.2, 0) is 9.59 Å². The van der Waals surface area contributed by atoms with E-state index in [2.05, 4.69) is 16.0 Å². The van der Waals surface area contributed by atoms with Crippen molar-refractivity contribution in [1.82, 2.24) is 5.32 Å². The molecule has 0 aliphatic heterocycles. The average Bonchev–Trinajstić information content (AvgIpc) is 3.64. The van der Waals surface area contributed by atoms with Gasteiger partial charge in [-0.25, -0.2) is 0 Å². The molecule has 0 aliphatic rings. The van der Waals surface area contributed by atoms with Crippen molar-refractivity contribution in [1.29, 1.82) is 0 Å². The van der Waals surface area contributed by atoms with Gasteiger partial charge in [-0.3, -0.25) is 19.2 Å². The van der Waals surface area contributed by atoms with Crippen molar-refractivity contribution in [3.63, 3.8) is 0 Å². The Hall–Kier alpha value is -6.45. The van der Waals surface area contributed by atoms with E-state index in [1.54, 1.807) is 78.9 Å². The standard InChI is InChI=1S/C42H33N3O5S/c1-28(46)29-17-19-33(20-18-29)44-42(49)39(31-13-7-3-8-14-31)51-36-24-21-34(22-25-36)43-41(48)37(45-40(47)32-15-9-4-10-16-32)27-35-23-26-38(50-35)30-11-5-2-6-12-30/h2-27,39H,1H3,(H,43,48)(H,44,49)(H,45,47)/b37-27-/t39-/m0/s1. The molecule has 0 bridgehead atoms. The van der Waals surface area contributed by atoms with Crippen molar-refractivity contribution >= 4 is 52.7 Å². The van der Waals surface area contributed by atoms with Crippen molar-refractivity contribution in [2.45, 2.75) is 17.1 Å². The molecule has 0 radical (unpaired) electrons. The first kappa shape index (κ1) is 34.4. The largest absolute Gasteiger partial charge is 0.457 e. The second kappa shape index (κ2) is 16.3. The number of ketones is 1. The van der Waals surface area contributed by atoms with Gasteiger partial charge in [-0.2, -0.15) is 0 Å². The number of nitrogens with one attached hydrogen (secondary N) is 3. The molecule has 252 valence electrons. The zero-order chi connectivity index (χ0) is 35.6. The lowest BCUT2D eigenvalue weighted by Gasteiger charge is -2.18. The number of carbonyl (C=O) groups excluding carboxylic acids is 4. The predicted octanol–water partition coefficient (Wildman–Crippen LogP) is 9.03. The van der Waals surface area contributed by atoms with Gasteiger partial charge in [0.2, 0.25) is 5.91 Å². The Kier molecular flexibility index (Phi) is 11.0. The number of rotatable bonds is 12. The topological polar surface area (TPSA) is 118 Å². The minimum absolute atomic E-state index is 0.00610. The summed E-state index contributed by atoms with van der Waals surface area (Å²) in [5.41, 5.74) is 3.72. The maximum absolute atomic E-state index is 13.6. The van der Waals surface area contributed by atoms with E-state index in [4.69, 9.17) is 4.42 Å². The van der Waals surface area contributed by atoms with E-state index in [9.17, 15) is 19.2 Å². The van der Waals surface area contributed by atoms with Gasteiger partial charge < -0.3 is 20.4 Å². The summed E-state index contributed by atoms with van der Waals surface area (Å²) in [6.07, 6.45) is 1.49. The molecule has 0 saturated heterocycles. The molecule has 6 rings (SSSR count). The SMILES string of the molecule is CC(=O)c1ccc(NC(=O)[C@@H](Sc2ccc(NC(=O)/C(=C/c3ccc(-c4ccccc4)o3)NC(=O)c3ccccc3)cc2)c2ccccc2)cc1. The Labute approximate surface area is 299 Å². The second-order valence-corrected chi connectivity index (χ2v) is 12.6. The molecule has 0 saturated carbocycles. The number of amides is 3. The number of hydrogen-bond acceptors (Lipinski definition) is 6. The normalized spacial score (nSPS) is 11.7. The van der Waals surface area contributed by atoms with Gasteiger partial charge in [0.25, 0.3) is 11.8 Å². The molecule has 1 heterocycles. The molecule has 0 unspecified atom stereocenters. The zero-order valence-corrected chi connectivity index (χ0v) is 28.4. The summed E-state index contributed by atoms with van der Waals surface area (Å²) in [6.45, 7) is 1.49. The Bertz CT molecular complexity index is 2160. The molecule has 9 heteroatoms. The highest BCUT2D eigenvalue weighted by Gasteiger charge is 2.23. The molecule has 1 atom stereocenters. The fraction of sp³-hybridized carbons (Fsp3) is 0.0476. The zero-order valence-electron chi connectivity index (χ0n) is 27.5. The Morgan fingerprint density at radius 1 is 0.627 bits per heavy atom. The number of Topliss-reactive ketones (excluding diaryl/α,β-unsaturated/α-hetero) is 1. The Balaban J connectivity index is 1.19. The fourth-order valence-corrected chi connectivity index (χ4v) is 6.15. The first-order valence-corrected chi connectivity index (χ1v) is 17.0. The van der Waals surface area contributed by atoms with Crippen LogP contribution in [0.15, 0.2) is 167 Å². The third-order valence-corrected chi connectivity index (χ3v) is 9.03. The molecule has 3 N–H and O–H groups in total. The van der Waals surface area contributed by atoms with Gasteiger partial charge in [-0.15, -0.1) is 11.8 Å². The summed E-state index contributed by atoms with van der Waals surface area (Å²) in [5.74, 6) is -0.259. The van der Waals surface area contributed by atoms with Crippen LogP contribution in [0.2, 0.25) is 0 Å². The van der Waals surface area contributed by atoms with Crippen molar-refractivity contribution in [3.8, 4) is 11.3 Å². The highest BCUT2D eigenvalue weighted by atomic mass is 32.2. The number of carbonyl (C=O) groups is 4. The van der Waals surface area contributed by atoms with E-state index in [0.717, 1.165) is 16.0 Å². The number of anilines is 2. The van der Waals surface area contributed by atoms with Gasteiger partial charge in [0.1, 0.15) is 22.5 Å². The number of hydrogen-bond donors (Lipinski definition) is 3. The van der Waals surface area contributed by atoms with Gasteiger partial charge in [0.15, 0.2) is 5.78 Å². The lowest BCUT2D eigenvalue weighted by Crippen LogP contribution is -2.30. The van der Waals surface area contributed by atoms with Crippen LogP contribution in [0.4, 0.5) is 11.4 Å². The van der Waals surface area contributed by atoms with Gasteiger partial charge in [0.05, 0.1) is 0 Å². The molecule has 0 fully saturated rings. The van der Waals surface area contributed by atoms with E-state index in [0.29, 0.717) is 34.0 Å². The van der Waals surface area contributed by atoms with E-state index in [1.165, 1.54) is 24.8 Å². The van der Waals surface area contributed by atoms with Crippen molar-refractivity contribution in [2.75, 3.05) is 10.6 Å².